The highest BCUT2D eigenvalue weighted by Crippen LogP contribution is 2.39. The molecule has 3 aromatic rings. The SMILES string of the molecule is Cc1ccccc1Oc1c(C(F)(F)F)oc2c(C)c(O)ccc2c1=O. The van der Waals surface area contributed by atoms with Gasteiger partial charge < -0.3 is 14.3 Å². The smallest absolute Gasteiger partial charge is 0.453 e. The standard InChI is InChI=1S/C18H13F3O4/c1-9-5-3-4-6-13(9)24-16-14(23)11-7-8-12(22)10(2)15(11)25-17(16)18(19,20)21/h3-8,22H,1-2H3. The van der Waals surface area contributed by atoms with E-state index in [0.717, 1.165) is 0 Å². The van der Waals surface area contributed by atoms with Crippen LogP contribution in [-0.4, -0.2) is 5.11 Å². The van der Waals surface area contributed by atoms with E-state index in [1.54, 1.807) is 25.1 Å². The lowest BCUT2D eigenvalue weighted by molar-refractivity contribution is -0.154. The Labute approximate surface area is 140 Å². The lowest BCUT2D eigenvalue weighted by Crippen LogP contribution is -2.16. The van der Waals surface area contributed by atoms with Crippen molar-refractivity contribution in [2.24, 2.45) is 0 Å². The van der Waals surface area contributed by atoms with Gasteiger partial charge in [0.1, 0.15) is 17.1 Å². The molecule has 0 radical (unpaired) electrons. The molecular weight excluding hydrogens is 337 g/mol. The fourth-order valence-electron chi connectivity index (χ4n) is 2.43. The van der Waals surface area contributed by atoms with Crippen LogP contribution in [0.4, 0.5) is 13.2 Å². The Bertz CT molecular complexity index is 1020. The molecule has 1 heterocycles. The maximum Gasteiger partial charge on any atom is 0.453 e. The largest absolute Gasteiger partial charge is 0.508 e. The van der Waals surface area contributed by atoms with Gasteiger partial charge in [0.05, 0.1) is 5.39 Å². The molecular formula is C18H13F3O4. The van der Waals surface area contributed by atoms with Gasteiger partial charge in [-0.3, -0.25) is 4.79 Å². The number of phenols is 1. The van der Waals surface area contributed by atoms with Gasteiger partial charge in [-0.25, -0.2) is 0 Å². The number of rotatable bonds is 2. The molecule has 0 spiro atoms. The zero-order chi connectivity index (χ0) is 18.4. The van der Waals surface area contributed by atoms with Crippen LogP contribution in [-0.2, 0) is 6.18 Å². The van der Waals surface area contributed by atoms with Crippen molar-refractivity contribution in [1.82, 2.24) is 0 Å². The van der Waals surface area contributed by atoms with Crippen molar-refractivity contribution in [2.45, 2.75) is 20.0 Å². The van der Waals surface area contributed by atoms with Crippen LogP contribution in [0.1, 0.15) is 16.9 Å². The zero-order valence-electron chi connectivity index (χ0n) is 13.3. The average molecular weight is 350 g/mol. The van der Waals surface area contributed by atoms with Crippen LogP contribution in [0.2, 0.25) is 0 Å². The maximum absolute atomic E-state index is 13.4. The van der Waals surface area contributed by atoms with Crippen molar-refractivity contribution >= 4 is 11.0 Å². The number of hydrogen-bond acceptors (Lipinski definition) is 4. The quantitative estimate of drug-likeness (QED) is 0.712. The summed E-state index contributed by atoms with van der Waals surface area (Å²) < 4.78 is 50.5. The topological polar surface area (TPSA) is 59.7 Å². The Hall–Kier alpha value is -2.96. The molecule has 0 saturated heterocycles. The first-order chi connectivity index (χ1) is 11.7. The first-order valence-electron chi connectivity index (χ1n) is 7.30. The van der Waals surface area contributed by atoms with Crippen molar-refractivity contribution in [3.8, 4) is 17.2 Å². The van der Waals surface area contributed by atoms with Crippen molar-refractivity contribution in [3.63, 3.8) is 0 Å². The summed E-state index contributed by atoms with van der Waals surface area (Å²) in [4.78, 5) is 12.6. The maximum atomic E-state index is 13.4. The number of aromatic hydroxyl groups is 1. The first-order valence-corrected chi connectivity index (χ1v) is 7.30. The molecule has 7 heteroatoms. The minimum Gasteiger partial charge on any atom is -0.508 e. The number of fused-ring (bicyclic) bond motifs is 1. The first kappa shape index (κ1) is 16.9. The van der Waals surface area contributed by atoms with Crippen LogP contribution in [0.15, 0.2) is 45.6 Å². The van der Waals surface area contributed by atoms with E-state index >= 15 is 0 Å². The molecule has 0 amide bonds. The van der Waals surface area contributed by atoms with Gasteiger partial charge in [0.25, 0.3) is 5.76 Å². The van der Waals surface area contributed by atoms with E-state index in [4.69, 9.17) is 9.15 Å². The molecule has 2 aromatic carbocycles. The molecule has 25 heavy (non-hydrogen) atoms. The third-order valence-electron chi connectivity index (χ3n) is 3.80. The van der Waals surface area contributed by atoms with Crippen LogP contribution < -0.4 is 10.2 Å². The molecule has 0 saturated carbocycles. The van der Waals surface area contributed by atoms with Crippen molar-refractivity contribution < 1.29 is 27.4 Å². The number of halogens is 3. The number of phenolic OH excluding ortho intramolecular Hbond substituents is 1. The number of aryl methyl sites for hydroxylation is 2. The molecule has 0 aliphatic rings. The van der Waals surface area contributed by atoms with Gasteiger partial charge in [-0.1, -0.05) is 18.2 Å². The monoisotopic (exact) mass is 350 g/mol. The number of benzene rings is 2. The van der Waals surface area contributed by atoms with Gasteiger partial charge in [-0.15, -0.1) is 0 Å². The number of ether oxygens (including phenoxy) is 1. The predicted octanol–water partition coefficient (Wildman–Crippen LogP) is 4.93. The van der Waals surface area contributed by atoms with Gasteiger partial charge in [0.15, 0.2) is 0 Å². The molecule has 0 bridgehead atoms. The fraction of sp³-hybridized carbons (Fsp3) is 0.167. The lowest BCUT2D eigenvalue weighted by atomic mass is 10.1. The van der Waals surface area contributed by atoms with Crippen LogP contribution in [0.25, 0.3) is 11.0 Å². The zero-order valence-corrected chi connectivity index (χ0v) is 13.3. The van der Waals surface area contributed by atoms with Crippen LogP contribution in [0.3, 0.4) is 0 Å². The summed E-state index contributed by atoms with van der Waals surface area (Å²) >= 11 is 0. The van der Waals surface area contributed by atoms with E-state index in [9.17, 15) is 23.1 Å². The Morgan fingerprint density at radius 3 is 2.40 bits per heavy atom. The van der Waals surface area contributed by atoms with E-state index in [0.29, 0.717) is 5.56 Å². The van der Waals surface area contributed by atoms with E-state index in [1.165, 1.54) is 25.1 Å². The molecule has 0 fully saturated rings. The summed E-state index contributed by atoms with van der Waals surface area (Å²) in [5, 5.41) is 9.56. The molecule has 0 atom stereocenters. The molecule has 0 aliphatic heterocycles. The highest BCUT2D eigenvalue weighted by atomic mass is 19.4. The highest BCUT2D eigenvalue weighted by Gasteiger charge is 2.40. The van der Waals surface area contributed by atoms with Gasteiger partial charge in [0, 0.05) is 5.56 Å². The van der Waals surface area contributed by atoms with E-state index < -0.39 is 23.1 Å². The van der Waals surface area contributed by atoms with Crippen LogP contribution >= 0.6 is 0 Å². The van der Waals surface area contributed by atoms with Crippen molar-refractivity contribution in [1.29, 1.82) is 0 Å². The molecule has 1 N–H and O–H groups in total. The van der Waals surface area contributed by atoms with E-state index in [2.05, 4.69) is 0 Å². The summed E-state index contributed by atoms with van der Waals surface area (Å²) in [6.07, 6.45) is -4.94. The molecule has 3 rings (SSSR count). The minimum absolute atomic E-state index is 0.0440. The molecule has 0 unspecified atom stereocenters. The van der Waals surface area contributed by atoms with Crippen LogP contribution in [0, 0.1) is 13.8 Å². The molecule has 0 aliphatic carbocycles. The van der Waals surface area contributed by atoms with E-state index in [-0.39, 0.29) is 28.0 Å². The Kier molecular flexibility index (Phi) is 3.94. The lowest BCUT2D eigenvalue weighted by Gasteiger charge is -2.15. The third-order valence-corrected chi connectivity index (χ3v) is 3.80. The van der Waals surface area contributed by atoms with Crippen molar-refractivity contribution in [3.05, 3.63) is 63.5 Å². The second-order valence-corrected chi connectivity index (χ2v) is 5.54. The Morgan fingerprint density at radius 2 is 1.76 bits per heavy atom. The summed E-state index contributed by atoms with van der Waals surface area (Å²) in [5.74, 6) is -2.62. The molecule has 4 nitrogen and oxygen atoms in total. The Balaban J connectivity index is 2.34. The number of para-hydroxylation sites is 1. The van der Waals surface area contributed by atoms with Gasteiger partial charge in [-0.05, 0) is 37.6 Å². The molecule has 1 aromatic heterocycles. The predicted molar refractivity (Wildman–Crippen MR) is 85.1 cm³/mol. The van der Waals surface area contributed by atoms with Crippen LogP contribution in [0.5, 0.6) is 17.2 Å². The summed E-state index contributed by atoms with van der Waals surface area (Å²) in [6, 6.07) is 8.81. The average Bonchev–Trinajstić information content (AvgIpc) is 2.54. The van der Waals surface area contributed by atoms with Crippen molar-refractivity contribution in [2.75, 3.05) is 0 Å². The summed E-state index contributed by atoms with van der Waals surface area (Å²) in [7, 11) is 0. The number of alkyl halides is 3. The van der Waals surface area contributed by atoms with Gasteiger partial charge >= 0.3 is 6.18 Å². The molecule has 130 valence electrons. The fourth-order valence-corrected chi connectivity index (χ4v) is 2.43. The highest BCUT2D eigenvalue weighted by molar-refractivity contribution is 5.83. The third kappa shape index (κ3) is 2.93. The second-order valence-electron chi connectivity index (χ2n) is 5.54. The Morgan fingerprint density at radius 1 is 1.08 bits per heavy atom. The normalized spacial score (nSPS) is 11.7. The van der Waals surface area contributed by atoms with Gasteiger partial charge in [-0.2, -0.15) is 13.2 Å². The summed E-state index contributed by atoms with van der Waals surface area (Å²) in [6.45, 7) is 3.01. The van der Waals surface area contributed by atoms with Gasteiger partial charge in [0.2, 0.25) is 11.2 Å². The number of hydrogen-bond donors (Lipinski definition) is 1. The summed E-state index contributed by atoms with van der Waals surface area (Å²) in [5.41, 5.74) is -0.672. The van der Waals surface area contributed by atoms with E-state index in [1.807, 2.05) is 0 Å². The second kappa shape index (κ2) is 5.84. The minimum atomic E-state index is -4.94.